The van der Waals surface area contributed by atoms with Gasteiger partial charge in [0.2, 0.25) is 5.91 Å². The molecule has 148 valence electrons. The van der Waals surface area contributed by atoms with Gasteiger partial charge < -0.3 is 19.6 Å². The van der Waals surface area contributed by atoms with E-state index in [4.69, 9.17) is 0 Å². The van der Waals surface area contributed by atoms with Gasteiger partial charge in [-0.3, -0.25) is 9.78 Å². The van der Waals surface area contributed by atoms with Crippen molar-refractivity contribution in [1.29, 1.82) is 0 Å². The molecule has 0 unspecified atom stereocenters. The average molecular weight is 380 g/mol. The number of pyridine rings is 1. The molecule has 2 aromatic rings. The number of rotatable bonds is 5. The van der Waals surface area contributed by atoms with Crippen molar-refractivity contribution in [2.45, 2.75) is 13.0 Å². The van der Waals surface area contributed by atoms with Gasteiger partial charge in [-0.1, -0.05) is 12.1 Å². The number of anilines is 2. The molecule has 0 bridgehead atoms. The standard InChI is InChI=1S/C22H29N5O/c1-24-12-14-25(15-13-24)11-8-22(28)27-17-16-26(18-19-6-9-23-10-7-19)20-4-2-3-5-21(20)27/h2-7,9-10H,8,11-18H2,1H3. The number of carbonyl (C=O) groups excluding carboxylic acids is 1. The molecular weight excluding hydrogens is 350 g/mol. The monoisotopic (exact) mass is 379 g/mol. The summed E-state index contributed by atoms with van der Waals surface area (Å²) in [6.45, 7) is 7.56. The van der Waals surface area contributed by atoms with E-state index in [-0.39, 0.29) is 5.91 Å². The third-order valence-electron chi connectivity index (χ3n) is 5.77. The first-order chi connectivity index (χ1) is 13.7. The molecule has 0 atom stereocenters. The zero-order chi connectivity index (χ0) is 19.3. The Morgan fingerprint density at radius 3 is 2.39 bits per heavy atom. The highest BCUT2D eigenvalue weighted by atomic mass is 16.2. The minimum absolute atomic E-state index is 0.231. The number of benzene rings is 1. The van der Waals surface area contributed by atoms with E-state index in [1.807, 2.05) is 23.4 Å². The molecule has 2 aliphatic rings. The van der Waals surface area contributed by atoms with Gasteiger partial charge in [0.05, 0.1) is 11.4 Å². The minimum atomic E-state index is 0.231. The molecule has 1 aromatic heterocycles. The van der Waals surface area contributed by atoms with Crippen LogP contribution in [0.25, 0.3) is 0 Å². The van der Waals surface area contributed by atoms with Crippen molar-refractivity contribution in [1.82, 2.24) is 14.8 Å². The summed E-state index contributed by atoms with van der Waals surface area (Å²) in [6.07, 6.45) is 4.25. The lowest BCUT2D eigenvalue weighted by Gasteiger charge is -2.38. The summed E-state index contributed by atoms with van der Waals surface area (Å²) in [5.41, 5.74) is 3.41. The van der Waals surface area contributed by atoms with Crippen molar-refractivity contribution in [3.05, 3.63) is 54.4 Å². The van der Waals surface area contributed by atoms with E-state index in [2.05, 4.69) is 57.1 Å². The van der Waals surface area contributed by atoms with Gasteiger partial charge in [0.25, 0.3) is 0 Å². The van der Waals surface area contributed by atoms with Crippen LogP contribution in [0.2, 0.25) is 0 Å². The molecule has 1 amide bonds. The normalized spacial score (nSPS) is 18.2. The summed E-state index contributed by atoms with van der Waals surface area (Å²) in [5.74, 6) is 0.231. The van der Waals surface area contributed by atoms with Crippen LogP contribution in [0.15, 0.2) is 48.8 Å². The molecule has 0 aliphatic carbocycles. The maximum absolute atomic E-state index is 13.0. The molecule has 28 heavy (non-hydrogen) atoms. The van der Waals surface area contributed by atoms with Crippen LogP contribution < -0.4 is 9.80 Å². The molecule has 0 spiro atoms. The molecule has 6 nitrogen and oxygen atoms in total. The third-order valence-corrected chi connectivity index (χ3v) is 5.77. The minimum Gasteiger partial charge on any atom is -0.364 e. The van der Waals surface area contributed by atoms with Gasteiger partial charge >= 0.3 is 0 Å². The van der Waals surface area contributed by atoms with E-state index in [0.29, 0.717) is 6.42 Å². The SMILES string of the molecule is CN1CCN(CCC(=O)N2CCN(Cc3ccncc3)c3ccccc32)CC1. The quantitative estimate of drug-likeness (QED) is 0.796. The smallest absolute Gasteiger partial charge is 0.228 e. The zero-order valence-corrected chi connectivity index (χ0v) is 16.6. The highest BCUT2D eigenvalue weighted by Crippen LogP contribution is 2.34. The van der Waals surface area contributed by atoms with Crippen molar-refractivity contribution < 1.29 is 4.79 Å². The molecule has 1 saturated heterocycles. The van der Waals surface area contributed by atoms with E-state index in [0.717, 1.165) is 63.7 Å². The number of hydrogen-bond donors (Lipinski definition) is 0. The van der Waals surface area contributed by atoms with Gasteiger partial charge in [0.1, 0.15) is 0 Å². The Morgan fingerprint density at radius 2 is 1.64 bits per heavy atom. The van der Waals surface area contributed by atoms with E-state index < -0.39 is 0 Å². The van der Waals surface area contributed by atoms with Crippen molar-refractivity contribution in [3.63, 3.8) is 0 Å². The number of aromatic nitrogens is 1. The van der Waals surface area contributed by atoms with Crippen LogP contribution in [-0.2, 0) is 11.3 Å². The van der Waals surface area contributed by atoms with Crippen LogP contribution >= 0.6 is 0 Å². The maximum Gasteiger partial charge on any atom is 0.228 e. The predicted octanol–water partition coefficient (Wildman–Crippen LogP) is 2.07. The molecule has 2 aliphatic heterocycles. The average Bonchev–Trinajstić information content (AvgIpc) is 2.74. The third kappa shape index (κ3) is 4.34. The fourth-order valence-electron chi connectivity index (χ4n) is 4.01. The van der Waals surface area contributed by atoms with Crippen molar-refractivity contribution in [2.75, 3.05) is 62.7 Å². The Morgan fingerprint density at radius 1 is 0.929 bits per heavy atom. The van der Waals surface area contributed by atoms with Gasteiger partial charge in [-0.25, -0.2) is 0 Å². The van der Waals surface area contributed by atoms with Crippen LogP contribution in [0.4, 0.5) is 11.4 Å². The first-order valence-corrected chi connectivity index (χ1v) is 10.1. The summed E-state index contributed by atoms with van der Waals surface area (Å²) in [6, 6.07) is 12.4. The predicted molar refractivity (Wildman–Crippen MR) is 113 cm³/mol. The number of para-hydroxylation sites is 2. The lowest BCUT2D eigenvalue weighted by molar-refractivity contribution is -0.119. The number of amides is 1. The first kappa shape index (κ1) is 18.9. The zero-order valence-electron chi connectivity index (χ0n) is 16.6. The number of likely N-dealkylation sites (N-methyl/N-ethyl adjacent to an activating group) is 1. The summed E-state index contributed by atoms with van der Waals surface area (Å²) in [7, 11) is 2.16. The number of carbonyl (C=O) groups is 1. The van der Waals surface area contributed by atoms with Crippen LogP contribution in [0.5, 0.6) is 0 Å². The van der Waals surface area contributed by atoms with Crippen LogP contribution in [0, 0.1) is 0 Å². The molecule has 3 heterocycles. The first-order valence-electron chi connectivity index (χ1n) is 10.1. The molecule has 6 heteroatoms. The summed E-state index contributed by atoms with van der Waals surface area (Å²) in [4.78, 5) is 26.2. The van der Waals surface area contributed by atoms with Gasteiger partial charge in [0, 0.05) is 71.2 Å². The molecule has 0 N–H and O–H groups in total. The molecule has 0 radical (unpaired) electrons. The topological polar surface area (TPSA) is 42.9 Å². The fourth-order valence-corrected chi connectivity index (χ4v) is 4.01. The lowest BCUT2D eigenvalue weighted by Crippen LogP contribution is -2.47. The molecule has 0 saturated carbocycles. The second-order valence-corrected chi connectivity index (χ2v) is 7.71. The Labute approximate surface area is 167 Å². The Bertz CT molecular complexity index is 789. The Kier molecular flexibility index (Phi) is 5.88. The van der Waals surface area contributed by atoms with Crippen LogP contribution in [-0.4, -0.2) is 73.6 Å². The van der Waals surface area contributed by atoms with E-state index in [1.54, 1.807) is 0 Å². The Balaban J connectivity index is 1.42. The van der Waals surface area contributed by atoms with Crippen LogP contribution in [0.1, 0.15) is 12.0 Å². The number of nitrogens with zero attached hydrogens (tertiary/aromatic N) is 5. The number of piperazine rings is 1. The maximum atomic E-state index is 13.0. The molecule has 1 aromatic carbocycles. The number of fused-ring (bicyclic) bond motifs is 1. The molecular formula is C22H29N5O. The van der Waals surface area contributed by atoms with E-state index in [9.17, 15) is 4.79 Å². The van der Waals surface area contributed by atoms with Crippen molar-refractivity contribution in [3.8, 4) is 0 Å². The van der Waals surface area contributed by atoms with Gasteiger partial charge in [-0.2, -0.15) is 0 Å². The number of hydrogen-bond acceptors (Lipinski definition) is 5. The lowest BCUT2D eigenvalue weighted by atomic mass is 10.1. The van der Waals surface area contributed by atoms with E-state index in [1.165, 1.54) is 5.56 Å². The second-order valence-electron chi connectivity index (χ2n) is 7.71. The Hall–Kier alpha value is -2.44. The highest BCUT2D eigenvalue weighted by Gasteiger charge is 2.27. The highest BCUT2D eigenvalue weighted by molar-refractivity contribution is 5.98. The van der Waals surface area contributed by atoms with E-state index >= 15 is 0 Å². The summed E-state index contributed by atoms with van der Waals surface area (Å²) >= 11 is 0. The summed E-state index contributed by atoms with van der Waals surface area (Å²) < 4.78 is 0. The second kappa shape index (κ2) is 8.71. The fraction of sp³-hybridized carbons (Fsp3) is 0.455. The van der Waals surface area contributed by atoms with Crippen molar-refractivity contribution in [2.24, 2.45) is 0 Å². The molecule has 4 rings (SSSR count). The van der Waals surface area contributed by atoms with Gasteiger partial charge in [-0.05, 0) is 36.9 Å². The van der Waals surface area contributed by atoms with Crippen molar-refractivity contribution >= 4 is 17.3 Å². The van der Waals surface area contributed by atoms with Gasteiger partial charge in [0.15, 0.2) is 0 Å². The molecule has 1 fully saturated rings. The van der Waals surface area contributed by atoms with Crippen LogP contribution in [0.3, 0.4) is 0 Å². The largest absolute Gasteiger partial charge is 0.364 e. The summed E-state index contributed by atoms with van der Waals surface area (Å²) in [5, 5.41) is 0. The van der Waals surface area contributed by atoms with Gasteiger partial charge in [-0.15, -0.1) is 0 Å².